The normalized spacial score (nSPS) is 16.6. The average molecular weight is 397 g/mol. The van der Waals surface area contributed by atoms with Gasteiger partial charge in [0.05, 0.1) is 10.6 Å². The van der Waals surface area contributed by atoms with Crippen LogP contribution in [-0.2, 0) is 15.6 Å². The second-order valence-electron chi connectivity index (χ2n) is 6.61. The highest BCUT2D eigenvalue weighted by Crippen LogP contribution is 2.32. The number of rotatable bonds is 5. The Labute approximate surface area is 162 Å². The highest BCUT2D eigenvalue weighted by Gasteiger charge is 2.35. The molecule has 0 aliphatic carbocycles. The predicted octanol–water partition coefficient (Wildman–Crippen LogP) is 2.35. The van der Waals surface area contributed by atoms with Crippen molar-refractivity contribution in [1.29, 1.82) is 5.41 Å². The molecule has 1 aromatic heterocycles. The van der Waals surface area contributed by atoms with E-state index in [4.69, 9.17) is 15.7 Å². The van der Waals surface area contributed by atoms with Crippen LogP contribution in [0.5, 0.6) is 0 Å². The van der Waals surface area contributed by atoms with E-state index in [-0.39, 0.29) is 17.8 Å². The Bertz CT molecular complexity index is 1090. The predicted molar refractivity (Wildman–Crippen MR) is 103 cm³/mol. The molecule has 4 rings (SSSR count). The van der Waals surface area contributed by atoms with E-state index >= 15 is 0 Å². The molecule has 0 radical (unpaired) electrons. The average Bonchev–Trinajstić information content (AvgIpc) is 3.10. The van der Waals surface area contributed by atoms with E-state index in [1.807, 2.05) is 0 Å². The molecule has 0 amide bonds. The van der Waals surface area contributed by atoms with Crippen molar-refractivity contribution in [2.24, 2.45) is 5.73 Å². The third-order valence-electron chi connectivity index (χ3n) is 4.73. The van der Waals surface area contributed by atoms with Crippen LogP contribution in [0.4, 0.5) is 0 Å². The van der Waals surface area contributed by atoms with Gasteiger partial charge in [-0.05, 0) is 24.1 Å². The van der Waals surface area contributed by atoms with Gasteiger partial charge in [0.15, 0.2) is 15.8 Å². The minimum Gasteiger partial charge on any atom is -0.370 e. The summed E-state index contributed by atoms with van der Waals surface area (Å²) in [6.07, 6.45) is 0.803. The largest absolute Gasteiger partial charge is 0.370 e. The van der Waals surface area contributed by atoms with Crippen LogP contribution in [0.1, 0.15) is 23.9 Å². The molecular formula is C19H19N5O3S. The standard InChI is InChI=1S/C19H19N5O3S/c20-19(21)24-11-10-16(24)18-22-17(23-27-18)14-8-6-13(7-9-14)12-28(25,26)15-4-2-1-3-5-15/h1-9,16H,10-12H2,(H3,20,21)/t16-/m0/s1. The minimum atomic E-state index is -3.40. The molecule has 28 heavy (non-hydrogen) atoms. The number of likely N-dealkylation sites (tertiary alicyclic amines) is 1. The molecular weight excluding hydrogens is 378 g/mol. The summed E-state index contributed by atoms with van der Waals surface area (Å²) in [6.45, 7) is 0.697. The van der Waals surface area contributed by atoms with E-state index in [0.29, 0.717) is 28.7 Å². The van der Waals surface area contributed by atoms with E-state index < -0.39 is 9.84 Å². The zero-order chi connectivity index (χ0) is 19.7. The van der Waals surface area contributed by atoms with Crippen molar-refractivity contribution in [2.75, 3.05) is 6.54 Å². The number of hydrogen-bond donors (Lipinski definition) is 2. The summed E-state index contributed by atoms with van der Waals surface area (Å²) in [6, 6.07) is 15.3. The van der Waals surface area contributed by atoms with Crippen molar-refractivity contribution in [3.63, 3.8) is 0 Å². The number of nitrogens with zero attached hydrogens (tertiary/aromatic N) is 3. The van der Waals surface area contributed by atoms with Crippen LogP contribution in [-0.4, -0.2) is 36.0 Å². The van der Waals surface area contributed by atoms with Gasteiger partial charge in [0, 0.05) is 12.1 Å². The maximum Gasteiger partial charge on any atom is 0.249 e. The molecule has 2 aromatic carbocycles. The fraction of sp³-hybridized carbons (Fsp3) is 0.211. The van der Waals surface area contributed by atoms with Crippen LogP contribution in [0.3, 0.4) is 0 Å². The number of benzene rings is 2. The first-order valence-corrected chi connectivity index (χ1v) is 10.4. The first kappa shape index (κ1) is 18.2. The van der Waals surface area contributed by atoms with Gasteiger partial charge in [-0.2, -0.15) is 4.98 Å². The van der Waals surface area contributed by atoms with E-state index in [2.05, 4.69) is 10.1 Å². The van der Waals surface area contributed by atoms with E-state index in [1.54, 1.807) is 59.5 Å². The van der Waals surface area contributed by atoms with Crippen molar-refractivity contribution in [1.82, 2.24) is 15.0 Å². The van der Waals surface area contributed by atoms with Gasteiger partial charge in [0.2, 0.25) is 11.7 Å². The second kappa shape index (κ2) is 7.08. The maximum absolute atomic E-state index is 12.5. The summed E-state index contributed by atoms with van der Waals surface area (Å²) < 4.78 is 30.3. The van der Waals surface area contributed by atoms with Crippen LogP contribution >= 0.6 is 0 Å². The molecule has 0 spiro atoms. The smallest absolute Gasteiger partial charge is 0.249 e. The molecule has 0 bridgehead atoms. The monoisotopic (exact) mass is 397 g/mol. The van der Waals surface area contributed by atoms with Crippen LogP contribution < -0.4 is 5.73 Å². The van der Waals surface area contributed by atoms with Crippen molar-refractivity contribution < 1.29 is 12.9 Å². The van der Waals surface area contributed by atoms with Gasteiger partial charge in [-0.1, -0.05) is 47.6 Å². The third kappa shape index (κ3) is 3.48. The Morgan fingerprint density at radius 3 is 2.50 bits per heavy atom. The molecule has 9 heteroatoms. The van der Waals surface area contributed by atoms with E-state index in [9.17, 15) is 8.42 Å². The second-order valence-corrected chi connectivity index (χ2v) is 8.60. The number of guanidine groups is 1. The third-order valence-corrected chi connectivity index (χ3v) is 6.43. The Morgan fingerprint density at radius 1 is 1.18 bits per heavy atom. The molecule has 2 heterocycles. The quantitative estimate of drug-likeness (QED) is 0.500. The topological polar surface area (TPSA) is 126 Å². The summed E-state index contributed by atoms with van der Waals surface area (Å²) in [5.74, 6) is 0.750. The van der Waals surface area contributed by atoms with Crippen molar-refractivity contribution in [3.8, 4) is 11.4 Å². The van der Waals surface area contributed by atoms with Crippen molar-refractivity contribution in [3.05, 3.63) is 66.1 Å². The fourth-order valence-corrected chi connectivity index (χ4v) is 4.47. The van der Waals surface area contributed by atoms with Crippen LogP contribution in [0, 0.1) is 5.41 Å². The Hall–Kier alpha value is -3.20. The van der Waals surface area contributed by atoms with E-state index in [1.165, 1.54) is 0 Å². The molecule has 0 saturated carbocycles. The van der Waals surface area contributed by atoms with Gasteiger partial charge in [-0.3, -0.25) is 5.41 Å². The molecule has 1 atom stereocenters. The molecule has 3 N–H and O–H groups in total. The Morgan fingerprint density at radius 2 is 1.89 bits per heavy atom. The number of sulfone groups is 1. The van der Waals surface area contributed by atoms with Crippen molar-refractivity contribution >= 4 is 15.8 Å². The molecule has 1 saturated heterocycles. The lowest BCUT2D eigenvalue weighted by molar-refractivity contribution is 0.141. The molecule has 144 valence electrons. The van der Waals surface area contributed by atoms with E-state index in [0.717, 1.165) is 12.0 Å². The summed E-state index contributed by atoms with van der Waals surface area (Å²) in [5, 5.41) is 11.5. The highest BCUT2D eigenvalue weighted by molar-refractivity contribution is 7.90. The highest BCUT2D eigenvalue weighted by atomic mass is 32.2. The molecule has 1 fully saturated rings. The lowest BCUT2D eigenvalue weighted by atomic mass is 10.0. The SMILES string of the molecule is N=C(N)N1CC[C@H]1c1nc(-c2ccc(CS(=O)(=O)c3ccccc3)cc2)no1. The molecule has 3 aromatic rings. The van der Waals surface area contributed by atoms with Gasteiger partial charge >= 0.3 is 0 Å². The van der Waals surface area contributed by atoms with Gasteiger partial charge in [0.25, 0.3) is 0 Å². The van der Waals surface area contributed by atoms with Gasteiger partial charge in [0.1, 0.15) is 6.04 Å². The number of nitrogens with one attached hydrogen (secondary N) is 1. The van der Waals surface area contributed by atoms with Gasteiger partial charge < -0.3 is 15.2 Å². The summed E-state index contributed by atoms with van der Waals surface area (Å²) in [7, 11) is -3.40. The van der Waals surface area contributed by atoms with Crippen LogP contribution in [0.2, 0.25) is 0 Å². The fourth-order valence-electron chi connectivity index (χ4n) is 3.10. The number of aromatic nitrogens is 2. The van der Waals surface area contributed by atoms with Crippen molar-refractivity contribution in [2.45, 2.75) is 23.1 Å². The summed E-state index contributed by atoms with van der Waals surface area (Å²) >= 11 is 0. The lowest BCUT2D eigenvalue weighted by Crippen LogP contribution is -2.48. The zero-order valence-electron chi connectivity index (χ0n) is 14.9. The number of nitrogens with two attached hydrogens (primary N) is 1. The summed E-state index contributed by atoms with van der Waals surface area (Å²) in [5.41, 5.74) is 6.93. The molecule has 1 aliphatic heterocycles. The first-order valence-electron chi connectivity index (χ1n) is 8.75. The number of hydrogen-bond acceptors (Lipinski definition) is 6. The first-order chi connectivity index (χ1) is 13.4. The minimum absolute atomic E-state index is 0.0139. The summed E-state index contributed by atoms with van der Waals surface area (Å²) in [4.78, 5) is 6.39. The Kier molecular flexibility index (Phi) is 4.60. The van der Waals surface area contributed by atoms with Crippen LogP contribution in [0.15, 0.2) is 64.0 Å². The zero-order valence-corrected chi connectivity index (χ0v) is 15.8. The maximum atomic E-state index is 12.5. The lowest BCUT2D eigenvalue weighted by Gasteiger charge is -2.38. The molecule has 8 nitrogen and oxygen atoms in total. The van der Waals surface area contributed by atoms with Gasteiger partial charge in [-0.25, -0.2) is 8.42 Å². The molecule has 1 aliphatic rings. The van der Waals surface area contributed by atoms with Crippen LogP contribution in [0.25, 0.3) is 11.4 Å². The molecule has 0 unspecified atom stereocenters. The Balaban J connectivity index is 1.49. The van der Waals surface area contributed by atoms with Gasteiger partial charge in [-0.15, -0.1) is 0 Å².